The highest BCUT2D eigenvalue weighted by Gasteiger charge is 2.55. The molecule has 4 aliphatic heterocycles. The SMILES string of the molecule is C=CCOC(=O)C(N1C(=O)[C@H](C(C)C)[C@H]1CC(=O)C1C=C(C)N(C)N1)=P(c1ccccc1)(c1ccccc1)c1ccccc1.C=CCOC(=O)CN1C(=O)[C@H](C(C)C)[C@H]1CC(=O)C1C=C(C)N(C)N1. The largest absolute Gasteiger partial charge is 0.460 e. The van der Waals surface area contributed by atoms with Crippen molar-refractivity contribution >= 4 is 63.5 Å². The molecule has 0 radical (unpaired) electrons. The summed E-state index contributed by atoms with van der Waals surface area (Å²) < 4.78 is 10.8. The van der Waals surface area contributed by atoms with E-state index in [-0.39, 0.29) is 91.2 Å². The summed E-state index contributed by atoms with van der Waals surface area (Å²) in [6, 6.07) is 28.0. The third-order valence-electron chi connectivity index (χ3n) is 13.3. The Morgan fingerprint density at radius 3 is 1.43 bits per heavy atom. The Labute approximate surface area is 407 Å². The number of allylic oxidation sites excluding steroid dienone is 2. The number of amides is 2. The normalized spacial score (nSPS) is 21.9. The molecular weight excluding hydrogens is 892 g/mol. The highest BCUT2D eigenvalue weighted by Crippen LogP contribution is 2.50. The number of esters is 2. The van der Waals surface area contributed by atoms with Crippen LogP contribution in [0.4, 0.5) is 0 Å². The lowest BCUT2D eigenvalue weighted by Crippen LogP contribution is -2.67. The number of ketones is 2. The van der Waals surface area contributed by atoms with Crippen LogP contribution in [0.15, 0.2) is 140 Å². The molecule has 0 saturated carbocycles. The second-order valence-corrected chi connectivity index (χ2v) is 21.8. The van der Waals surface area contributed by atoms with Gasteiger partial charge in [0.2, 0.25) is 11.8 Å². The maximum Gasteiger partial charge on any atom is 0.356 e. The van der Waals surface area contributed by atoms with Crippen molar-refractivity contribution in [2.24, 2.45) is 23.7 Å². The fourth-order valence-electron chi connectivity index (χ4n) is 9.67. The van der Waals surface area contributed by atoms with Crippen molar-refractivity contribution < 1.29 is 38.2 Å². The molecule has 2 unspecified atom stereocenters. The maximum absolute atomic E-state index is 14.5. The summed E-state index contributed by atoms with van der Waals surface area (Å²) in [6.07, 6.45) is 7.09. The highest BCUT2D eigenvalue weighted by molar-refractivity contribution is 7.96. The standard InChI is InChI=1S/C36H40N3O4P.C18H27N3O4/c1-6-22-43-36(42)35(39-31(33(25(2)3)34(39)41)24-32(40)30-23-26(4)38(5)37-30)44(27-16-10-7-11-17-27,28-18-12-8-13-19-28)29-20-14-9-15-21-29;1-6-7-25-16(23)10-21-14(17(11(2)3)18(21)24)9-15(22)13-8-12(4)20(5)19-13/h6-21,23,25,30-31,33,37H,1,22,24H2,2-5H3;6,8,11,13-14,17,19H,1,7,9-10H2,2-5H3/t30?,31-,33-;13?,14-,17-/m11/s1. The van der Waals surface area contributed by atoms with E-state index in [1.807, 2.05) is 164 Å². The van der Waals surface area contributed by atoms with Gasteiger partial charge in [-0.25, -0.2) is 15.6 Å². The molecule has 4 heterocycles. The Bertz CT molecular complexity index is 2420. The minimum absolute atomic E-state index is 0.0105. The van der Waals surface area contributed by atoms with E-state index in [0.717, 1.165) is 27.3 Å². The number of hydrazine groups is 2. The number of hydrogen-bond acceptors (Lipinski definition) is 12. The molecule has 3 aromatic carbocycles. The van der Waals surface area contributed by atoms with Crippen molar-refractivity contribution in [3.8, 4) is 0 Å². The molecule has 366 valence electrons. The van der Waals surface area contributed by atoms with Crippen LogP contribution in [-0.2, 0) is 38.2 Å². The van der Waals surface area contributed by atoms with Crippen LogP contribution in [0.2, 0.25) is 0 Å². The number of carbonyl (C=O) groups is 6. The highest BCUT2D eigenvalue weighted by atomic mass is 31.2. The van der Waals surface area contributed by atoms with Gasteiger partial charge in [0.1, 0.15) is 37.3 Å². The molecular formula is C54H67N6O8P. The molecule has 3 aromatic rings. The van der Waals surface area contributed by atoms with Gasteiger partial charge in [-0.3, -0.25) is 24.0 Å². The Balaban J connectivity index is 0.000000265. The number of ether oxygens (including phenoxy) is 2. The van der Waals surface area contributed by atoms with Gasteiger partial charge in [-0.15, -0.1) is 0 Å². The van der Waals surface area contributed by atoms with Crippen LogP contribution in [0.5, 0.6) is 0 Å². The first kappa shape index (κ1) is 52.0. The second kappa shape index (κ2) is 22.8. The summed E-state index contributed by atoms with van der Waals surface area (Å²) >= 11 is 0. The molecule has 0 aliphatic carbocycles. The van der Waals surface area contributed by atoms with Crippen molar-refractivity contribution in [1.82, 2.24) is 30.7 Å². The van der Waals surface area contributed by atoms with Gasteiger partial charge in [0.15, 0.2) is 11.6 Å². The Hall–Kier alpha value is -6.34. The first-order valence-corrected chi connectivity index (χ1v) is 25.3. The van der Waals surface area contributed by atoms with Gasteiger partial charge in [0.25, 0.3) is 0 Å². The van der Waals surface area contributed by atoms with Gasteiger partial charge < -0.3 is 29.3 Å². The Morgan fingerprint density at radius 2 is 1.04 bits per heavy atom. The number of Topliss-reactive ketones (excluding diaryl/α,β-unsaturated/α-hetero) is 2. The lowest BCUT2D eigenvalue weighted by molar-refractivity contribution is -0.168. The molecule has 0 spiro atoms. The van der Waals surface area contributed by atoms with Crippen LogP contribution in [0, 0.1) is 23.7 Å². The van der Waals surface area contributed by atoms with Crippen LogP contribution in [0.3, 0.4) is 0 Å². The van der Waals surface area contributed by atoms with E-state index in [2.05, 4.69) is 24.0 Å². The second-order valence-electron chi connectivity index (χ2n) is 18.5. The summed E-state index contributed by atoms with van der Waals surface area (Å²) in [5.41, 5.74) is 8.50. The number of nitrogens with zero attached hydrogens (tertiary/aromatic N) is 4. The summed E-state index contributed by atoms with van der Waals surface area (Å²) in [7, 11) is 3.72. The third-order valence-corrected chi connectivity index (χ3v) is 17.5. The minimum atomic E-state index is -3.04. The molecule has 0 bridgehead atoms. The Morgan fingerprint density at radius 1 is 0.638 bits per heavy atom. The van der Waals surface area contributed by atoms with Crippen LogP contribution < -0.4 is 26.8 Å². The van der Waals surface area contributed by atoms with Crippen molar-refractivity contribution in [3.05, 3.63) is 140 Å². The molecule has 2 N–H and O–H groups in total. The van der Waals surface area contributed by atoms with Gasteiger partial charge in [-0.1, -0.05) is 144 Å². The van der Waals surface area contributed by atoms with Crippen LogP contribution >= 0.6 is 6.89 Å². The van der Waals surface area contributed by atoms with Crippen LogP contribution in [-0.4, -0.2) is 119 Å². The Kier molecular flexibility index (Phi) is 17.2. The number of carbonyl (C=O) groups excluding carboxylic acids is 6. The predicted molar refractivity (Wildman–Crippen MR) is 271 cm³/mol. The third kappa shape index (κ3) is 10.9. The molecule has 14 nitrogen and oxygen atoms in total. The van der Waals surface area contributed by atoms with E-state index < -0.39 is 36.8 Å². The van der Waals surface area contributed by atoms with E-state index in [1.165, 1.54) is 17.1 Å². The minimum Gasteiger partial charge on any atom is -0.460 e. The molecule has 2 amide bonds. The maximum atomic E-state index is 14.5. The molecule has 6 atom stereocenters. The van der Waals surface area contributed by atoms with Gasteiger partial charge >= 0.3 is 11.9 Å². The van der Waals surface area contributed by atoms with Crippen molar-refractivity contribution in [2.45, 2.75) is 78.6 Å². The molecule has 4 aliphatic rings. The monoisotopic (exact) mass is 958 g/mol. The molecule has 15 heteroatoms. The number of benzene rings is 3. The average molecular weight is 959 g/mol. The van der Waals surface area contributed by atoms with Crippen molar-refractivity contribution in [3.63, 3.8) is 0 Å². The number of hydrogen-bond donors (Lipinski definition) is 2. The number of likely N-dealkylation sites (tertiary alicyclic amines) is 2. The number of rotatable bonds is 19. The number of nitrogens with one attached hydrogen (secondary N) is 2. The number of β-lactam (4-membered cyclic amide) rings is 2. The van der Waals surface area contributed by atoms with E-state index in [9.17, 15) is 28.8 Å². The van der Waals surface area contributed by atoms with Gasteiger partial charge in [0, 0.05) is 45.2 Å². The predicted octanol–water partition coefficient (Wildman–Crippen LogP) is 4.88. The fraction of sp³-hybridized carbons (Fsp3) is 0.389. The van der Waals surface area contributed by atoms with Crippen LogP contribution in [0.25, 0.3) is 0 Å². The summed E-state index contributed by atoms with van der Waals surface area (Å²) in [4.78, 5) is 82.5. The molecule has 0 aromatic heterocycles. The first-order valence-electron chi connectivity index (χ1n) is 23.5. The average Bonchev–Trinajstić information content (AvgIpc) is 3.87. The zero-order chi connectivity index (χ0) is 50.2. The van der Waals surface area contributed by atoms with Gasteiger partial charge in [0.05, 0.1) is 23.9 Å². The first-order chi connectivity index (χ1) is 33.0. The van der Waals surface area contributed by atoms with Crippen molar-refractivity contribution in [1.29, 1.82) is 0 Å². The fourth-order valence-corrected chi connectivity index (χ4v) is 14.1. The molecule has 69 heavy (non-hydrogen) atoms. The quantitative estimate of drug-likeness (QED) is 0.0728. The zero-order valence-electron chi connectivity index (χ0n) is 41.0. The lowest BCUT2D eigenvalue weighted by Gasteiger charge is -2.51. The van der Waals surface area contributed by atoms with E-state index >= 15 is 0 Å². The topological polar surface area (TPSA) is 158 Å². The van der Waals surface area contributed by atoms with Crippen LogP contribution in [0.1, 0.15) is 54.4 Å². The molecule has 2 fully saturated rings. The van der Waals surface area contributed by atoms with E-state index in [0.29, 0.717) is 0 Å². The van der Waals surface area contributed by atoms with E-state index in [4.69, 9.17) is 9.47 Å². The van der Waals surface area contributed by atoms with Gasteiger partial charge in [-0.05, 0) is 53.7 Å². The van der Waals surface area contributed by atoms with Crippen molar-refractivity contribution in [2.75, 3.05) is 33.9 Å². The smallest absolute Gasteiger partial charge is 0.356 e. The summed E-state index contributed by atoms with van der Waals surface area (Å²) in [6.45, 7) is 15.9. The summed E-state index contributed by atoms with van der Waals surface area (Å²) in [5, 5.41) is 6.36. The lowest BCUT2D eigenvalue weighted by atomic mass is 9.76. The zero-order valence-corrected chi connectivity index (χ0v) is 41.9. The van der Waals surface area contributed by atoms with E-state index in [1.54, 1.807) is 9.91 Å². The van der Waals surface area contributed by atoms with Gasteiger partial charge in [-0.2, -0.15) is 0 Å². The summed E-state index contributed by atoms with van der Waals surface area (Å²) in [5.74, 6) is -1.93. The molecule has 7 rings (SSSR count). The molecule has 2 saturated heterocycles.